The SMILES string of the molecule is Cc1cc(Cc2ccc(C3(N)CCCN4CCSN=C43)cc2)ccc1C#N. The van der Waals surface area contributed by atoms with Crippen LogP contribution in [0, 0.1) is 18.3 Å². The van der Waals surface area contributed by atoms with Gasteiger partial charge >= 0.3 is 0 Å². The summed E-state index contributed by atoms with van der Waals surface area (Å²) in [4.78, 5) is 2.35. The van der Waals surface area contributed by atoms with Gasteiger partial charge in [-0.1, -0.05) is 36.4 Å². The maximum absolute atomic E-state index is 9.08. The third-order valence-corrected chi connectivity index (χ3v) is 6.26. The topological polar surface area (TPSA) is 65.4 Å². The van der Waals surface area contributed by atoms with Crippen LogP contribution in [0.25, 0.3) is 0 Å². The highest BCUT2D eigenvalue weighted by atomic mass is 32.2. The van der Waals surface area contributed by atoms with E-state index in [9.17, 15) is 0 Å². The van der Waals surface area contributed by atoms with Crippen LogP contribution in [0.2, 0.25) is 0 Å². The van der Waals surface area contributed by atoms with E-state index in [2.05, 4.69) is 41.3 Å². The maximum atomic E-state index is 9.08. The van der Waals surface area contributed by atoms with Gasteiger partial charge in [0.05, 0.1) is 11.6 Å². The summed E-state index contributed by atoms with van der Waals surface area (Å²) in [5.74, 6) is 2.09. The van der Waals surface area contributed by atoms with E-state index in [4.69, 9.17) is 15.4 Å². The van der Waals surface area contributed by atoms with E-state index in [0.29, 0.717) is 0 Å². The second-order valence-electron chi connectivity index (χ2n) is 7.44. The molecule has 2 aliphatic heterocycles. The monoisotopic (exact) mass is 376 g/mol. The molecule has 4 nitrogen and oxygen atoms in total. The van der Waals surface area contributed by atoms with Crippen molar-refractivity contribution in [1.82, 2.24) is 4.90 Å². The molecule has 0 spiro atoms. The number of piperidine rings is 1. The number of fused-ring (bicyclic) bond motifs is 1. The summed E-state index contributed by atoms with van der Waals surface area (Å²) in [6.07, 6.45) is 2.90. The lowest BCUT2D eigenvalue weighted by molar-refractivity contribution is 0.317. The molecule has 1 fully saturated rings. The molecule has 0 aliphatic carbocycles. The highest BCUT2D eigenvalue weighted by Gasteiger charge is 2.40. The van der Waals surface area contributed by atoms with Gasteiger partial charge in [0.1, 0.15) is 11.4 Å². The maximum Gasteiger partial charge on any atom is 0.137 e. The van der Waals surface area contributed by atoms with Crippen molar-refractivity contribution in [2.45, 2.75) is 31.7 Å². The molecular weight excluding hydrogens is 352 g/mol. The minimum absolute atomic E-state index is 0.477. The molecule has 2 aromatic rings. The molecule has 2 aliphatic rings. The molecule has 2 aromatic carbocycles. The Morgan fingerprint density at radius 2 is 1.96 bits per heavy atom. The molecule has 1 unspecified atom stereocenters. The zero-order valence-electron chi connectivity index (χ0n) is 15.6. The predicted molar refractivity (Wildman–Crippen MR) is 112 cm³/mol. The van der Waals surface area contributed by atoms with Crippen molar-refractivity contribution >= 4 is 17.8 Å². The molecule has 1 saturated heterocycles. The molecule has 138 valence electrons. The summed E-state index contributed by atoms with van der Waals surface area (Å²) < 4.78 is 4.71. The minimum atomic E-state index is -0.477. The Bertz CT molecular complexity index is 913. The second-order valence-corrected chi connectivity index (χ2v) is 8.29. The number of aryl methyl sites for hydroxylation is 1. The Morgan fingerprint density at radius 3 is 2.70 bits per heavy atom. The first-order valence-corrected chi connectivity index (χ1v) is 10.4. The van der Waals surface area contributed by atoms with Crippen LogP contribution in [0.15, 0.2) is 46.9 Å². The zero-order chi connectivity index (χ0) is 18.9. The highest BCUT2D eigenvalue weighted by molar-refractivity contribution is 7.98. The van der Waals surface area contributed by atoms with E-state index in [1.165, 1.54) is 11.1 Å². The van der Waals surface area contributed by atoms with E-state index >= 15 is 0 Å². The van der Waals surface area contributed by atoms with Crippen molar-refractivity contribution < 1.29 is 0 Å². The van der Waals surface area contributed by atoms with Gasteiger partial charge in [-0.15, -0.1) is 0 Å². The predicted octanol–water partition coefficient (Wildman–Crippen LogP) is 3.77. The molecule has 2 N–H and O–H groups in total. The third kappa shape index (κ3) is 3.47. The Kier molecular flexibility index (Phi) is 4.94. The molecule has 0 radical (unpaired) electrons. The number of nitrogens with zero attached hydrogens (tertiary/aromatic N) is 3. The quantitative estimate of drug-likeness (QED) is 0.828. The summed E-state index contributed by atoms with van der Waals surface area (Å²) in [7, 11) is 0. The van der Waals surface area contributed by atoms with Crippen LogP contribution in [-0.2, 0) is 12.0 Å². The summed E-state index contributed by atoms with van der Waals surface area (Å²) in [5.41, 5.74) is 11.8. The Balaban J connectivity index is 1.56. The first kappa shape index (κ1) is 18.1. The molecule has 27 heavy (non-hydrogen) atoms. The molecule has 0 bridgehead atoms. The molecule has 0 aromatic heterocycles. The Hall–Kier alpha value is -2.29. The van der Waals surface area contributed by atoms with Crippen LogP contribution in [-0.4, -0.2) is 29.6 Å². The molecule has 4 rings (SSSR count). The third-order valence-electron chi connectivity index (χ3n) is 5.59. The average molecular weight is 377 g/mol. The van der Waals surface area contributed by atoms with Crippen molar-refractivity contribution in [3.63, 3.8) is 0 Å². The normalized spacial score (nSPS) is 22.0. The average Bonchev–Trinajstić information content (AvgIpc) is 2.69. The van der Waals surface area contributed by atoms with Crippen LogP contribution >= 0.6 is 11.9 Å². The van der Waals surface area contributed by atoms with Crippen molar-refractivity contribution in [2.24, 2.45) is 10.1 Å². The Labute approximate surface area is 165 Å². The molecule has 1 atom stereocenters. The fraction of sp³-hybridized carbons (Fsp3) is 0.364. The minimum Gasteiger partial charge on any atom is -0.357 e. The van der Waals surface area contributed by atoms with Crippen molar-refractivity contribution in [3.8, 4) is 6.07 Å². The molecule has 2 heterocycles. The van der Waals surface area contributed by atoms with Gasteiger partial charge in [0.2, 0.25) is 0 Å². The van der Waals surface area contributed by atoms with E-state index in [-0.39, 0.29) is 0 Å². The standard InChI is InChI=1S/C22H24N4S/c1-16-13-18(3-6-19(16)15-23)14-17-4-7-20(8-5-17)22(24)9-2-10-26-11-12-27-25-21(22)26/h3-8,13H,2,9-12,14,24H2,1H3. The highest BCUT2D eigenvalue weighted by Crippen LogP contribution is 2.34. The van der Waals surface area contributed by atoms with Crippen LogP contribution in [0.4, 0.5) is 0 Å². The van der Waals surface area contributed by atoms with Gasteiger partial charge in [-0.2, -0.15) is 5.26 Å². The van der Waals surface area contributed by atoms with Gasteiger partial charge < -0.3 is 10.6 Å². The van der Waals surface area contributed by atoms with Crippen LogP contribution in [0.3, 0.4) is 0 Å². The number of nitrogens with two attached hydrogens (primary N) is 1. The molecule has 0 saturated carbocycles. The van der Waals surface area contributed by atoms with Crippen molar-refractivity contribution in [3.05, 3.63) is 70.3 Å². The summed E-state index contributed by atoms with van der Waals surface area (Å²) >= 11 is 1.63. The lowest BCUT2D eigenvalue weighted by atomic mass is 9.81. The number of hydrogen-bond acceptors (Lipinski definition) is 5. The smallest absolute Gasteiger partial charge is 0.137 e. The van der Waals surface area contributed by atoms with Crippen molar-refractivity contribution in [2.75, 3.05) is 18.8 Å². The number of amidine groups is 1. The lowest BCUT2D eigenvalue weighted by Crippen LogP contribution is -2.57. The number of nitriles is 1. The van der Waals surface area contributed by atoms with Gasteiger partial charge in [-0.3, -0.25) is 0 Å². The van der Waals surface area contributed by atoms with Gasteiger partial charge in [0.15, 0.2) is 0 Å². The molecule has 0 amide bonds. The van der Waals surface area contributed by atoms with E-state index in [1.54, 1.807) is 11.9 Å². The van der Waals surface area contributed by atoms with Gasteiger partial charge in [0, 0.05) is 18.8 Å². The fourth-order valence-corrected chi connectivity index (χ4v) is 4.85. The zero-order valence-corrected chi connectivity index (χ0v) is 16.4. The summed E-state index contributed by atoms with van der Waals surface area (Å²) in [5, 5.41) is 9.08. The van der Waals surface area contributed by atoms with Crippen molar-refractivity contribution in [1.29, 1.82) is 5.26 Å². The van der Waals surface area contributed by atoms with Gasteiger partial charge in [0.25, 0.3) is 0 Å². The van der Waals surface area contributed by atoms with E-state index in [0.717, 1.165) is 60.6 Å². The number of rotatable bonds is 3. The van der Waals surface area contributed by atoms with Crippen LogP contribution < -0.4 is 5.73 Å². The molecule has 5 heteroatoms. The Morgan fingerprint density at radius 1 is 1.19 bits per heavy atom. The first-order chi connectivity index (χ1) is 13.1. The second kappa shape index (κ2) is 7.38. The summed E-state index contributed by atoms with van der Waals surface area (Å²) in [6.45, 7) is 4.09. The van der Waals surface area contributed by atoms with Crippen LogP contribution in [0.5, 0.6) is 0 Å². The lowest BCUT2D eigenvalue weighted by Gasteiger charge is -2.44. The fourth-order valence-electron chi connectivity index (χ4n) is 4.05. The van der Waals surface area contributed by atoms with Gasteiger partial charge in [-0.25, -0.2) is 4.40 Å². The number of benzene rings is 2. The first-order valence-electron chi connectivity index (χ1n) is 9.43. The largest absolute Gasteiger partial charge is 0.357 e. The number of hydrogen-bond donors (Lipinski definition) is 1. The summed E-state index contributed by atoms with van der Waals surface area (Å²) in [6, 6.07) is 16.9. The van der Waals surface area contributed by atoms with E-state index in [1.807, 2.05) is 19.1 Å². The van der Waals surface area contributed by atoms with E-state index < -0.39 is 5.54 Å². The van der Waals surface area contributed by atoms with Gasteiger partial charge in [-0.05, 0) is 66.5 Å². The van der Waals surface area contributed by atoms with Crippen LogP contribution in [0.1, 0.15) is 40.7 Å². The molecular formula is C22H24N4S.